The number of thioether (sulfide) groups is 2. The fourth-order valence-electron chi connectivity index (χ4n) is 1.38. The van der Waals surface area contributed by atoms with Crippen LogP contribution in [0.4, 0.5) is 11.5 Å². The SMILES string of the molecule is Nc1c(Cl)ncnc1NCC1CSCCS1. The van der Waals surface area contributed by atoms with Crippen molar-refractivity contribution >= 4 is 46.6 Å². The van der Waals surface area contributed by atoms with E-state index in [1.165, 1.54) is 23.6 Å². The normalized spacial score (nSPS) is 20.7. The van der Waals surface area contributed by atoms with Crippen LogP contribution in [0.1, 0.15) is 0 Å². The minimum absolute atomic E-state index is 0.308. The van der Waals surface area contributed by atoms with Gasteiger partial charge in [-0.25, -0.2) is 9.97 Å². The highest BCUT2D eigenvalue weighted by molar-refractivity contribution is 8.06. The van der Waals surface area contributed by atoms with Gasteiger partial charge in [-0.1, -0.05) is 11.6 Å². The maximum atomic E-state index is 5.81. The molecule has 1 saturated heterocycles. The summed E-state index contributed by atoms with van der Waals surface area (Å²) in [6.45, 7) is 0.870. The highest BCUT2D eigenvalue weighted by Gasteiger charge is 2.15. The predicted octanol–water partition coefficient (Wildman–Crippen LogP) is 1.97. The van der Waals surface area contributed by atoms with Crippen molar-refractivity contribution in [3.63, 3.8) is 0 Å². The van der Waals surface area contributed by atoms with Gasteiger partial charge in [0.2, 0.25) is 0 Å². The number of nitrogens with zero attached hydrogens (tertiary/aromatic N) is 2. The lowest BCUT2D eigenvalue weighted by atomic mass is 10.4. The molecule has 2 rings (SSSR count). The summed E-state index contributed by atoms with van der Waals surface area (Å²) in [6, 6.07) is 0. The van der Waals surface area contributed by atoms with E-state index in [2.05, 4.69) is 15.3 Å². The summed E-state index contributed by atoms with van der Waals surface area (Å²) in [5.41, 5.74) is 6.20. The molecule has 0 spiro atoms. The topological polar surface area (TPSA) is 63.8 Å². The molecule has 2 heterocycles. The van der Waals surface area contributed by atoms with E-state index in [1.807, 2.05) is 23.5 Å². The molecule has 1 aliphatic heterocycles. The van der Waals surface area contributed by atoms with Gasteiger partial charge in [-0.3, -0.25) is 0 Å². The summed E-state index contributed by atoms with van der Waals surface area (Å²) < 4.78 is 0. The maximum absolute atomic E-state index is 5.81. The molecule has 1 aromatic heterocycles. The quantitative estimate of drug-likeness (QED) is 0.823. The Morgan fingerprint density at radius 1 is 1.50 bits per heavy atom. The molecule has 4 nitrogen and oxygen atoms in total. The first kappa shape index (κ1) is 12.1. The summed E-state index contributed by atoms with van der Waals surface area (Å²) in [7, 11) is 0. The van der Waals surface area contributed by atoms with Gasteiger partial charge in [0.25, 0.3) is 0 Å². The Balaban J connectivity index is 1.91. The van der Waals surface area contributed by atoms with Crippen LogP contribution < -0.4 is 11.1 Å². The molecule has 88 valence electrons. The summed E-state index contributed by atoms with van der Waals surface area (Å²) in [5.74, 6) is 4.28. The first-order valence-electron chi connectivity index (χ1n) is 4.96. The second-order valence-electron chi connectivity index (χ2n) is 3.38. The van der Waals surface area contributed by atoms with Gasteiger partial charge in [0.05, 0.1) is 0 Å². The third kappa shape index (κ3) is 3.09. The van der Waals surface area contributed by atoms with Gasteiger partial charge >= 0.3 is 0 Å². The Morgan fingerprint density at radius 2 is 2.38 bits per heavy atom. The van der Waals surface area contributed by atoms with Crippen molar-refractivity contribution < 1.29 is 0 Å². The van der Waals surface area contributed by atoms with E-state index in [0.717, 1.165) is 6.54 Å². The average Bonchev–Trinajstić information content (AvgIpc) is 2.32. The molecule has 3 N–H and O–H groups in total. The minimum Gasteiger partial charge on any atom is -0.393 e. The highest BCUT2D eigenvalue weighted by Crippen LogP contribution is 2.26. The molecule has 1 atom stereocenters. The Bertz CT molecular complexity index is 357. The molecular formula is C9H13ClN4S2. The molecule has 0 saturated carbocycles. The molecule has 7 heteroatoms. The van der Waals surface area contributed by atoms with Crippen molar-refractivity contribution in [2.45, 2.75) is 5.25 Å². The molecular weight excluding hydrogens is 264 g/mol. The van der Waals surface area contributed by atoms with Crippen LogP contribution in [-0.4, -0.2) is 39.0 Å². The smallest absolute Gasteiger partial charge is 0.157 e. The Hall–Kier alpha value is -0.330. The summed E-state index contributed by atoms with van der Waals surface area (Å²) in [6.07, 6.45) is 1.42. The molecule has 1 aliphatic rings. The Kier molecular flexibility index (Phi) is 4.43. The second kappa shape index (κ2) is 5.84. The van der Waals surface area contributed by atoms with E-state index in [1.54, 1.807) is 0 Å². The van der Waals surface area contributed by atoms with E-state index in [4.69, 9.17) is 17.3 Å². The molecule has 0 amide bonds. The van der Waals surface area contributed by atoms with Gasteiger partial charge in [-0.2, -0.15) is 23.5 Å². The lowest BCUT2D eigenvalue weighted by Crippen LogP contribution is -2.24. The third-order valence-electron chi connectivity index (χ3n) is 2.22. The van der Waals surface area contributed by atoms with Crippen LogP contribution in [-0.2, 0) is 0 Å². The van der Waals surface area contributed by atoms with Crippen molar-refractivity contribution in [2.75, 3.05) is 34.9 Å². The lowest BCUT2D eigenvalue weighted by Gasteiger charge is -2.21. The number of aromatic nitrogens is 2. The number of nitrogen functional groups attached to an aromatic ring is 1. The zero-order valence-electron chi connectivity index (χ0n) is 8.65. The fourth-order valence-corrected chi connectivity index (χ4v) is 4.12. The van der Waals surface area contributed by atoms with Gasteiger partial charge < -0.3 is 11.1 Å². The third-order valence-corrected chi connectivity index (χ3v) is 5.36. The van der Waals surface area contributed by atoms with Gasteiger partial charge in [0.1, 0.15) is 12.0 Å². The number of nitrogens with one attached hydrogen (secondary N) is 1. The largest absolute Gasteiger partial charge is 0.393 e. The zero-order chi connectivity index (χ0) is 11.4. The van der Waals surface area contributed by atoms with Crippen LogP contribution in [0.5, 0.6) is 0 Å². The number of hydrogen-bond acceptors (Lipinski definition) is 6. The number of hydrogen-bond donors (Lipinski definition) is 2. The molecule has 1 unspecified atom stereocenters. The number of rotatable bonds is 3. The second-order valence-corrected chi connectivity index (χ2v) is 6.29. The molecule has 0 bridgehead atoms. The summed E-state index contributed by atoms with van der Waals surface area (Å²) >= 11 is 9.80. The first-order chi connectivity index (χ1) is 7.77. The molecule has 1 aromatic rings. The van der Waals surface area contributed by atoms with Gasteiger partial charge in [-0.15, -0.1) is 0 Å². The van der Waals surface area contributed by atoms with E-state index in [-0.39, 0.29) is 0 Å². The molecule has 0 aliphatic carbocycles. The summed E-state index contributed by atoms with van der Waals surface area (Å²) in [5, 5.41) is 4.15. The fraction of sp³-hybridized carbons (Fsp3) is 0.556. The molecule has 0 radical (unpaired) electrons. The van der Waals surface area contributed by atoms with Crippen molar-refractivity contribution in [2.24, 2.45) is 0 Å². The van der Waals surface area contributed by atoms with E-state index < -0.39 is 0 Å². The maximum Gasteiger partial charge on any atom is 0.157 e. The molecule has 1 fully saturated rings. The van der Waals surface area contributed by atoms with Crippen LogP contribution in [0.15, 0.2) is 6.33 Å². The van der Waals surface area contributed by atoms with Crippen molar-refractivity contribution in [3.8, 4) is 0 Å². The summed E-state index contributed by atoms with van der Waals surface area (Å²) in [4.78, 5) is 7.89. The highest BCUT2D eigenvalue weighted by atomic mass is 35.5. The number of nitrogens with two attached hydrogens (primary N) is 1. The van der Waals surface area contributed by atoms with Crippen LogP contribution in [0.25, 0.3) is 0 Å². The van der Waals surface area contributed by atoms with Crippen LogP contribution in [0.2, 0.25) is 5.15 Å². The van der Waals surface area contributed by atoms with E-state index >= 15 is 0 Å². The van der Waals surface area contributed by atoms with Gasteiger partial charge in [-0.05, 0) is 0 Å². The van der Waals surface area contributed by atoms with Crippen LogP contribution >= 0.6 is 35.1 Å². The number of anilines is 2. The monoisotopic (exact) mass is 276 g/mol. The standard InChI is InChI=1S/C9H13ClN4S2/c10-8-7(11)9(14-5-13-8)12-3-6-4-15-1-2-16-6/h5-6H,1-4,11H2,(H,12,13,14). The number of halogens is 1. The van der Waals surface area contributed by atoms with Crippen molar-refractivity contribution in [1.29, 1.82) is 0 Å². The zero-order valence-corrected chi connectivity index (χ0v) is 11.0. The lowest BCUT2D eigenvalue weighted by molar-refractivity contribution is 0.989. The molecule has 0 aromatic carbocycles. The Labute approximate surface area is 108 Å². The van der Waals surface area contributed by atoms with Crippen LogP contribution in [0, 0.1) is 0 Å². The van der Waals surface area contributed by atoms with Crippen molar-refractivity contribution in [1.82, 2.24) is 9.97 Å². The predicted molar refractivity (Wildman–Crippen MR) is 73.5 cm³/mol. The van der Waals surface area contributed by atoms with Crippen LogP contribution in [0.3, 0.4) is 0 Å². The average molecular weight is 277 g/mol. The van der Waals surface area contributed by atoms with Gasteiger partial charge in [0.15, 0.2) is 11.0 Å². The Morgan fingerprint density at radius 3 is 3.12 bits per heavy atom. The van der Waals surface area contributed by atoms with E-state index in [0.29, 0.717) is 21.9 Å². The van der Waals surface area contributed by atoms with E-state index in [9.17, 15) is 0 Å². The molecule has 16 heavy (non-hydrogen) atoms. The van der Waals surface area contributed by atoms with Crippen molar-refractivity contribution in [3.05, 3.63) is 11.5 Å². The van der Waals surface area contributed by atoms with Gasteiger partial charge in [0, 0.05) is 29.1 Å². The minimum atomic E-state index is 0.308. The first-order valence-corrected chi connectivity index (χ1v) is 7.54.